The minimum Gasteiger partial charge on any atom is -0.364 e. The van der Waals surface area contributed by atoms with Crippen LogP contribution < -0.4 is 10.9 Å². The average Bonchev–Trinajstić information content (AvgIpc) is 3.42. The number of fused-ring (bicyclic) bond motifs is 1. The molecule has 1 N–H and O–H groups in total. The Balaban J connectivity index is 1.47. The van der Waals surface area contributed by atoms with Crippen molar-refractivity contribution in [2.75, 3.05) is 5.32 Å². The third-order valence-electron chi connectivity index (χ3n) is 5.34. The van der Waals surface area contributed by atoms with E-state index in [9.17, 15) is 9.18 Å². The van der Waals surface area contributed by atoms with Crippen molar-refractivity contribution in [3.05, 3.63) is 93.6 Å². The Morgan fingerprint density at radius 1 is 1.15 bits per heavy atom. The predicted octanol–water partition coefficient (Wildman–Crippen LogP) is 3.16. The van der Waals surface area contributed by atoms with Crippen LogP contribution in [0.5, 0.6) is 0 Å². The summed E-state index contributed by atoms with van der Waals surface area (Å²) in [4.78, 5) is 17.5. The normalized spacial score (nSPS) is 11.2. The Morgan fingerprint density at radius 3 is 2.79 bits per heavy atom. The Kier molecular flexibility index (Phi) is 5.35. The van der Waals surface area contributed by atoms with Gasteiger partial charge in [-0.2, -0.15) is 5.10 Å². The van der Waals surface area contributed by atoms with Gasteiger partial charge in [0.05, 0.1) is 59.0 Å². The van der Waals surface area contributed by atoms with Crippen molar-refractivity contribution in [2.45, 2.75) is 13.1 Å². The summed E-state index contributed by atoms with van der Waals surface area (Å²) in [6.07, 6.45) is 6.25. The van der Waals surface area contributed by atoms with Gasteiger partial charge < -0.3 is 5.32 Å². The highest BCUT2D eigenvalue weighted by atomic mass is 35.5. The van der Waals surface area contributed by atoms with Crippen molar-refractivity contribution in [3.63, 3.8) is 0 Å². The fraction of sp³-hybridized carbons (Fsp3) is 0.136. The molecule has 5 aromatic rings. The molecule has 1 aromatic carbocycles. The van der Waals surface area contributed by atoms with Crippen molar-refractivity contribution in [3.8, 4) is 5.69 Å². The molecule has 9 nitrogen and oxygen atoms in total. The molecule has 0 aliphatic heterocycles. The molecule has 0 amide bonds. The maximum Gasteiger partial charge on any atom is 0.266 e. The summed E-state index contributed by atoms with van der Waals surface area (Å²) in [7, 11) is 1.80. The van der Waals surface area contributed by atoms with E-state index < -0.39 is 0 Å². The number of nitrogens with zero attached hydrogens (tertiary/aromatic N) is 7. The van der Waals surface area contributed by atoms with Gasteiger partial charge in [0.25, 0.3) is 5.56 Å². The van der Waals surface area contributed by atoms with Crippen LogP contribution in [0.2, 0.25) is 5.02 Å². The van der Waals surface area contributed by atoms with E-state index in [4.69, 9.17) is 11.6 Å². The van der Waals surface area contributed by atoms with E-state index >= 15 is 0 Å². The second-order valence-corrected chi connectivity index (χ2v) is 7.81. The summed E-state index contributed by atoms with van der Waals surface area (Å²) < 4.78 is 18.8. The Hall–Kier alpha value is -4.05. The minimum atomic E-state index is -0.319. The van der Waals surface area contributed by atoms with E-state index in [1.165, 1.54) is 23.0 Å². The number of aromatic nitrogens is 7. The van der Waals surface area contributed by atoms with Crippen molar-refractivity contribution < 1.29 is 4.39 Å². The van der Waals surface area contributed by atoms with E-state index in [-0.39, 0.29) is 17.9 Å². The van der Waals surface area contributed by atoms with Crippen molar-refractivity contribution in [1.29, 1.82) is 0 Å². The van der Waals surface area contributed by atoms with E-state index in [2.05, 4.69) is 25.7 Å². The van der Waals surface area contributed by atoms with Crippen molar-refractivity contribution in [2.24, 2.45) is 7.05 Å². The topological polar surface area (TPSA) is 95.5 Å². The van der Waals surface area contributed by atoms with Gasteiger partial charge in [-0.25, -0.2) is 9.37 Å². The zero-order chi connectivity index (χ0) is 22.9. The summed E-state index contributed by atoms with van der Waals surface area (Å²) in [5.41, 5.74) is 2.15. The van der Waals surface area contributed by atoms with Crippen LogP contribution in [0.25, 0.3) is 16.6 Å². The maximum atomic E-state index is 14.1. The second kappa shape index (κ2) is 8.47. The summed E-state index contributed by atoms with van der Waals surface area (Å²) in [6, 6.07) is 9.94. The minimum absolute atomic E-state index is 0.215. The molecule has 0 aliphatic carbocycles. The van der Waals surface area contributed by atoms with Gasteiger partial charge in [-0.05, 0) is 12.1 Å². The lowest BCUT2D eigenvalue weighted by molar-refractivity contribution is 0.590. The molecule has 0 saturated carbocycles. The zero-order valence-corrected chi connectivity index (χ0v) is 18.2. The van der Waals surface area contributed by atoms with Crippen LogP contribution in [-0.2, 0) is 20.1 Å². The van der Waals surface area contributed by atoms with E-state index in [0.717, 1.165) is 5.69 Å². The number of hydrogen-bond acceptors (Lipinski definition) is 6. The summed E-state index contributed by atoms with van der Waals surface area (Å²) in [5, 5.41) is 15.9. The summed E-state index contributed by atoms with van der Waals surface area (Å²) in [6.45, 7) is 0.668. The molecule has 166 valence electrons. The van der Waals surface area contributed by atoms with Gasteiger partial charge in [0, 0.05) is 24.9 Å². The summed E-state index contributed by atoms with van der Waals surface area (Å²) >= 11 is 6.37. The van der Waals surface area contributed by atoms with Gasteiger partial charge in [0.1, 0.15) is 11.6 Å². The Labute approximate surface area is 192 Å². The molecule has 0 saturated heterocycles. The fourth-order valence-corrected chi connectivity index (χ4v) is 3.74. The van der Waals surface area contributed by atoms with Gasteiger partial charge >= 0.3 is 0 Å². The number of pyridine rings is 2. The Morgan fingerprint density at radius 2 is 2.00 bits per heavy atom. The molecule has 0 fully saturated rings. The van der Waals surface area contributed by atoms with Crippen LogP contribution >= 0.6 is 11.6 Å². The number of nitrogens with one attached hydrogen (secondary N) is 1. The van der Waals surface area contributed by atoms with Crippen LogP contribution in [0.15, 0.2) is 66.0 Å². The number of halogens is 2. The van der Waals surface area contributed by atoms with Crippen LogP contribution in [0, 0.1) is 5.82 Å². The molecule has 0 atom stereocenters. The van der Waals surface area contributed by atoms with Gasteiger partial charge in [-0.15, -0.1) is 5.10 Å². The molecular weight excluding hydrogens is 447 g/mol. The van der Waals surface area contributed by atoms with Crippen LogP contribution in [0.3, 0.4) is 0 Å². The molecular formula is C22H18ClFN8O. The van der Waals surface area contributed by atoms with Gasteiger partial charge in [0.15, 0.2) is 0 Å². The van der Waals surface area contributed by atoms with Gasteiger partial charge in [-0.3, -0.25) is 18.7 Å². The standard InChI is InChI=1S/C22H18ClFN8O/c1-30-15(10-27-29-30)9-25-21-8-20(17(23)12-26-21)31-7-6-19-16(22(31)33)11-28-32(19)13-14-4-2-3-5-18(14)24/h2-8,10-12H,9,13H2,1H3,(H,25,26). The monoisotopic (exact) mass is 464 g/mol. The molecule has 33 heavy (non-hydrogen) atoms. The average molecular weight is 465 g/mol. The molecule has 0 aliphatic rings. The molecule has 0 radical (unpaired) electrons. The molecule has 0 unspecified atom stereocenters. The number of hydrogen-bond donors (Lipinski definition) is 1. The Bertz CT molecular complexity index is 1520. The van der Waals surface area contributed by atoms with Crippen LogP contribution in [-0.4, -0.2) is 34.3 Å². The highest BCUT2D eigenvalue weighted by Gasteiger charge is 2.14. The quantitative estimate of drug-likeness (QED) is 0.414. The number of aryl methyl sites for hydroxylation is 1. The predicted molar refractivity (Wildman–Crippen MR) is 122 cm³/mol. The highest BCUT2D eigenvalue weighted by Crippen LogP contribution is 2.23. The third kappa shape index (κ3) is 3.96. The van der Waals surface area contributed by atoms with Gasteiger partial charge in [-0.1, -0.05) is 35.0 Å². The number of anilines is 1. The number of benzene rings is 1. The van der Waals surface area contributed by atoms with Crippen molar-refractivity contribution in [1.82, 2.24) is 34.3 Å². The fourth-order valence-electron chi connectivity index (χ4n) is 3.54. The molecule has 4 heterocycles. The smallest absolute Gasteiger partial charge is 0.266 e. The second-order valence-electron chi connectivity index (χ2n) is 7.41. The van der Waals surface area contributed by atoms with E-state index in [0.29, 0.717) is 39.5 Å². The lowest BCUT2D eigenvalue weighted by Crippen LogP contribution is -2.18. The summed E-state index contributed by atoms with van der Waals surface area (Å²) in [5.74, 6) is 0.220. The molecule has 5 rings (SSSR count). The molecule has 11 heteroatoms. The first-order valence-electron chi connectivity index (χ1n) is 10.0. The first-order chi connectivity index (χ1) is 16.0. The third-order valence-corrected chi connectivity index (χ3v) is 5.63. The van der Waals surface area contributed by atoms with Crippen LogP contribution in [0.1, 0.15) is 11.3 Å². The van der Waals surface area contributed by atoms with E-state index in [1.54, 1.807) is 59.1 Å². The zero-order valence-electron chi connectivity index (χ0n) is 17.5. The first-order valence-corrected chi connectivity index (χ1v) is 10.4. The van der Waals surface area contributed by atoms with Crippen LogP contribution in [0.4, 0.5) is 10.2 Å². The van der Waals surface area contributed by atoms with Gasteiger partial charge in [0.2, 0.25) is 0 Å². The largest absolute Gasteiger partial charge is 0.364 e. The molecule has 4 aromatic heterocycles. The van der Waals surface area contributed by atoms with E-state index in [1.807, 2.05) is 0 Å². The highest BCUT2D eigenvalue weighted by molar-refractivity contribution is 6.32. The lowest BCUT2D eigenvalue weighted by atomic mass is 10.2. The lowest BCUT2D eigenvalue weighted by Gasteiger charge is -2.11. The molecule has 0 spiro atoms. The van der Waals surface area contributed by atoms with Crippen molar-refractivity contribution >= 4 is 28.3 Å². The maximum absolute atomic E-state index is 14.1. The first kappa shape index (κ1) is 20.8. The SMILES string of the molecule is Cn1nncc1CNc1cc(-n2ccc3c(cnn3Cc3ccccc3F)c2=O)c(Cl)cn1. The molecule has 0 bridgehead atoms. The number of rotatable bonds is 6.